The lowest BCUT2D eigenvalue weighted by Crippen LogP contribution is -2.36. The summed E-state index contributed by atoms with van der Waals surface area (Å²) in [7, 11) is 0. The van der Waals surface area contributed by atoms with E-state index in [4.69, 9.17) is 4.74 Å². The van der Waals surface area contributed by atoms with Crippen molar-refractivity contribution in [1.29, 1.82) is 0 Å². The van der Waals surface area contributed by atoms with E-state index in [1.807, 2.05) is 20.8 Å². The van der Waals surface area contributed by atoms with Crippen molar-refractivity contribution in [2.45, 2.75) is 65.3 Å². The molecule has 2 N–H and O–H groups in total. The van der Waals surface area contributed by atoms with Crippen molar-refractivity contribution in [3.05, 3.63) is 34.9 Å². The Bertz CT molecular complexity index is 500. The van der Waals surface area contributed by atoms with Gasteiger partial charge in [0.15, 0.2) is 0 Å². The van der Waals surface area contributed by atoms with Crippen LogP contribution in [0.25, 0.3) is 0 Å². The number of hydrogen-bond donors (Lipinski definition) is 2. The van der Waals surface area contributed by atoms with Crippen LogP contribution in [0.15, 0.2) is 18.2 Å². The molecule has 1 amide bonds. The highest BCUT2D eigenvalue weighted by molar-refractivity contribution is 5.68. The molecule has 116 valence electrons. The van der Waals surface area contributed by atoms with E-state index in [2.05, 4.69) is 42.7 Å². The molecule has 2 unspecified atom stereocenters. The van der Waals surface area contributed by atoms with Crippen molar-refractivity contribution in [3.63, 3.8) is 0 Å². The van der Waals surface area contributed by atoms with Gasteiger partial charge in [-0.25, -0.2) is 4.79 Å². The second kappa shape index (κ2) is 6.06. The molecular weight excluding hydrogens is 264 g/mol. The maximum atomic E-state index is 11.7. The zero-order valence-electron chi connectivity index (χ0n) is 13.6. The summed E-state index contributed by atoms with van der Waals surface area (Å²) in [6.45, 7) is 10.7. The predicted molar refractivity (Wildman–Crippen MR) is 84.3 cm³/mol. The molecule has 1 saturated carbocycles. The summed E-state index contributed by atoms with van der Waals surface area (Å²) >= 11 is 0. The van der Waals surface area contributed by atoms with Gasteiger partial charge in [0.25, 0.3) is 0 Å². The molecule has 4 nitrogen and oxygen atoms in total. The van der Waals surface area contributed by atoms with Gasteiger partial charge in [-0.15, -0.1) is 0 Å². The molecular formula is C17H26N2O2. The standard InChI is InChI=1S/C17H26N2O2/c1-11-6-12(2)8-13(7-11)10-18-14-9-15(14)19-16(20)21-17(3,4)5/h6-8,14-15,18H,9-10H2,1-5H3,(H,19,20). The molecule has 21 heavy (non-hydrogen) atoms. The Morgan fingerprint density at radius 1 is 1.19 bits per heavy atom. The Balaban J connectivity index is 1.73. The Labute approximate surface area is 127 Å². The second-order valence-electron chi connectivity index (χ2n) is 6.97. The van der Waals surface area contributed by atoms with E-state index in [-0.39, 0.29) is 12.1 Å². The molecule has 0 bridgehead atoms. The number of nitrogens with one attached hydrogen (secondary N) is 2. The summed E-state index contributed by atoms with van der Waals surface area (Å²) < 4.78 is 5.25. The van der Waals surface area contributed by atoms with E-state index in [9.17, 15) is 4.79 Å². The topological polar surface area (TPSA) is 50.4 Å². The van der Waals surface area contributed by atoms with Crippen molar-refractivity contribution in [2.75, 3.05) is 0 Å². The van der Waals surface area contributed by atoms with Crippen molar-refractivity contribution in [3.8, 4) is 0 Å². The lowest BCUT2D eigenvalue weighted by molar-refractivity contribution is 0.0522. The predicted octanol–water partition coefficient (Wildman–Crippen LogP) is 3.06. The summed E-state index contributed by atoms with van der Waals surface area (Å²) in [5.74, 6) is 0. The molecule has 2 atom stereocenters. The van der Waals surface area contributed by atoms with Gasteiger partial charge in [0.1, 0.15) is 5.60 Å². The van der Waals surface area contributed by atoms with Crippen LogP contribution < -0.4 is 10.6 Å². The lowest BCUT2D eigenvalue weighted by Gasteiger charge is -2.19. The minimum Gasteiger partial charge on any atom is -0.444 e. The number of amides is 1. The maximum absolute atomic E-state index is 11.7. The van der Waals surface area contributed by atoms with E-state index >= 15 is 0 Å². The Hall–Kier alpha value is -1.55. The van der Waals surface area contributed by atoms with Crippen LogP contribution in [0.3, 0.4) is 0 Å². The number of aryl methyl sites for hydroxylation is 2. The molecule has 0 aliphatic heterocycles. The molecule has 1 fully saturated rings. The first kappa shape index (κ1) is 15.8. The largest absolute Gasteiger partial charge is 0.444 e. The van der Waals surface area contributed by atoms with Crippen molar-refractivity contribution in [2.24, 2.45) is 0 Å². The fourth-order valence-corrected chi connectivity index (χ4v) is 2.46. The molecule has 0 heterocycles. The second-order valence-corrected chi connectivity index (χ2v) is 6.97. The van der Waals surface area contributed by atoms with Crippen LogP contribution in [-0.4, -0.2) is 23.8 Å². The summed E-state index contributed by atoms with van der Waals surface area (Å²) in [4.78, 5) is 11.7. The van der Waals surface area contributed by atoms with Crippen LogP contribution >= 0.6 is 0 Å². The summed E-state index contributed by atoms with van der Waals surface area (Å²) in [6.07, 6.45) is 0.632. The van der Waals surface area contributed by atoms with Crippen molar-refractivity contribution >= 4 is 6.09 Å². The normalized spacial score (nSPS) is 21.0. The van der Waals surface area contributed by atoms with E-state index in [0.29, 0.717) is 6.04 Å². The average Bonchev–Trinajstić information content (AvgIpc) is 3.00. The van der Waals surface area contributed by atoms with E-state index in [1.54, 1.807) is 0 Å². The Morgan fingerprint density at radius 2 is 1.81 bits per heavy atom. The first-order valence-electron chi connectivity index (χ1n) is 7.53. The van der Waals surface area contributed by atoms with Crippen LogP contribution in [0.2, 0.25) is 0 Å². The summed E-state index contributed by atoms with van der Waals surface area (Å²) in [6, 6.07) is 7.09. The van der Waals surface area contributed by atoms with Gasteiger partial charge >= 0.3 is 6.09 Å². The fourth-order valence-electron chi connectivity index (χ4n) is 2.46. The molecule has 2 rings (SSSR count). The van der Waals surface area contributed by atoms with Crippen LogP contribution in [-0.2, 0) is 11.3 Å². The zero-order valence-corrected chi connectivity index (χ0v) is 13.6. The highest BCUT2D eigenvalue weighted by Crippen LogP contribution is 2.22. The third kappa shape index (κ3) is 5.38. The number of carbonyl (C=O) groups is 1. The smallest absolute Gasteiger partial charge is 0.407 e. The molecule has 1 aromatic rings. The average molecular weight is 290 g/mol. The molecule has 1 aromatic carbocycles. The molecule has 4 heteroatoms. The quantitative estimate of drug-likeness (QED) is 0.896. The molecule has 1 aliphatic carbocycles. The minimum atomic E-state index is -0.443. The van der Waals surface area contributed by atoms with Gasteiger partial charge in [0.2, 0.25) is 0 Å². The summed E-state index contributed by atoms with van der Waals surface area (Å²) in [5, 5.41) is 6.37. The van der Waals surface area contributed by atoms with Crippen molar-refractivity contribution < 1.29 is 9.53 Å². The molecule has 1 aliphatic rings. The third-order valence-corrected chi connectivity index (χ3v) is 3.34. The van der Waals surface area contributed by atoms with Gasteiger partial charge in [-0.05, 0) is 46.6 Å². The zero-order chi connectivity index (χ0) is 15.6. The maximum Gasteiger partial charge on any atom is 0.407 e. The van der Waals surface area contributed by atoms with Crippen molar-refractivity contribution in [1.82, 2.24) is 10.6 Å². The number of hydrogen-bond acceptors (Lipinski definition) is 3. The van der Waals surface area contributed by atoms with Crippen LogP contribution in [0, 0.1) is 13.8 Å². The number of alkyl carbamates (subject to hydrolysis) is 1. The Morgan fingerprint density at radius 3 is 2.38 bits per heavy atom. The van der Waals surface area contributed by atoms with Gasteiger partial charge < -0.3 is 15.4 Å². The minimum absolute atomic E-state index is 0.186. The van der Waals surface area contributed by atoms with Crippen LogP contribution in [0.5, 0.6) is 0 Å². The van der Waals surface area contributed by atoms with Gasteiger partial charge in [-0.3, -0.25) is 0 Å². The first-order chi connectivity index (χ1) is 9.73. The first-order valence-corrected chi connectivity index (χ1v) is 7.53. The number of benzene rings is 1. The van der Waals surface area contributed by atoms with E-state index in [1.165, 1.54) is 16.7 Å². The fraction of sp³-hybridized carbons (Fsp3) is 0.588. The van der Waals surface area contributed by atoms with E-state index < -0.39 is 5.60 Å². The SMILES string of the molecule is Cc1cc(C)cc(CNC2CC2NC(=O)OC(C)(C)C)c1. The Kier molecular flexibility index (Phi) is 4.57. The van der Waals surface area contributed by atoms with Gasteiger partial charge in [0, 0.05) is 18.6 Å². The third-order valence-electron chi connectivity index (χ3n) is 3.34. The molecule has 0 radical (unpaired) electrons. The van der Waals surface area contributed by atoms with E-state index in [0.717, 1.165) is 13.0 Å². The highest BCUT2D eigenvalue weighted by atomic mass is 16.6. The van der Waals surface area contributed by atoms with Gasteiger partial charge in [-0.1, -0.05) is 29.3 Å². The van der Waals surface area contributed by atoms with Gasteiger partial charge in [-0.2, -0.15) is 0 Å². The number of carbonyl (C=O) groups excluding carboxylic acids is 1. The molecule has 0 aromatic heterocycles. The van der Waals surface area contributed by atoms with Gasteiger partial charge in [0.05, 0.1) is 0 Å². The number of ether oxygens (including phenoxy) is 1. The number of rotatable bonds is 4. The van der Waals surface area contributed by atoms with Crippen LogP contribution in [0.1, 0.15) is 43.9 Å². The highest BCUT2D eigenvalue weighted by Gasteiger charge is 2.38. The monoisotopic (exact) mass is 290 g/mol. The summed E-state index contributed by atoms with van der Waals surface area (Å²) in [5.41, 5.74) is 3.41. The molecule has 0 saturated heterocycles. The molecule has 0 spiro atoms. The lowest BCUT2D eigenvalue weighted by atomic mass is 10.1. The van der Waals surface area contributed by atoms with Crippen LogP contribution in [0.4, 0.5) is 4.79 Å².